The molecular formula is C15H18N2O2. The van der Waals surface area contributed by atoms with Gasteiger partial charge in [-0.2, -0.15) is 0 Å². The highest BCUT2D eigenvalue weighted by Crippen LogP contribution is 2.20. The molecule has 0 aliphatic rings. The third-order valence-electron chi connectivity index (χ3n) is 2.56. The van der Waals surface area contributed by atoms with E-state index in [2.05, 4.69) is 10.3 Å². The Hall–Kier alpha value is -2.10. The molecule has 1 N–H and O–H groups in total. The van der Waals surface area contributed by atoms with Crippen LogP contribution in [0, 0.1) is 6.92 Å². The summed E-state index contributed by atoms with van der Waals surface area (Å²) < 4.78 is 5.20. The lowest BCUT2D eigenvalue weighted by Gasteiger charge is -2.19. The molecule has 1 heterocycles. The molecule has 1 amide bonds. The molecule has 0 spiro atoms. The van der Waals surface area contributed by atoms with Crippen LogP contribution in [-0.4, -0.2) is 16.7 Å². The van der Waals surface area contributed by atoms with Gasteiger partial charge < -0.3 is 4.74 Å². The summed E-state index contributed by atoms with van der Waals surface area (Å²) in [4.78, 5) is 16.1. The van der Waals surface area contributed by atoms with Crippen molar-refractivity contribution in [2.24, 2.45) is 0 Å². The van der Waals surface area contributed by atoms with Crippen LogP contribution in [0.2, 0.25) is 0 Å². The lowest BCUT2D eigenvalue weighted by molar-refractivity contribution is 0.0635. The SMILES string of the molecule is Cc1nc(NC(=O)OC(C)(C)C)cc2ccccc12. The van der Waals surface area contributed by atoms with E-state index in [1.54, 1.807) is 0 Å². The van der Waals surface area contributed by atoms with Crippen LogP contribution in [0.4, 0.5) is 10.6 Å². The molecule has 4 heteroatoms. The second kappa shape index (κ2) is 4.88. The van der Waals surface area contributed by atoms with Crippen LogP contribution in [0.15, 0.2) is 30.3 Å². The fraction of sp³-hybridized carbons (Fsp3) is 0.333. The van der Waals surface area contributed by atoms with E-state index in [-0.39, 0.29) is 0 Å². The van der Waals surface area contributed by atoms with Crippen molar-refractivity contribution in [2.45, 2.75) is 33.3 Å². The molecule has 0 aliphatic carbocycles. The highest BCUT2D eigenvalue weighted by molar-refractivity contribution is 5.90. The molecule has 2 aromatic rings. The summed E-state index contributed by atoms with van der Waals surface area (Å²) in [6.07, 6.45) is -0.491. The smallest absolute Gasteiger partial charge is 0.413 e. The number of amides is 1. The standard InChI is InChI=1S/C15H18N2O2/c1-10-12-8-6-5-7-11(12)9-13(16-10)17-14(18)19-15(2,3)4/h5-9H,1-4H3,(H,16,17,18). The number of pyridine rings is 1. The first-order valence-electron chi connectivity index (χ1n) is 6.21. The zero-order chi connectivity index (χ0) is 14.0. The van der Waals surface area contributed by atoms with Crippen molar-refractivity contribution in [3.05, 3.63) is 36.0 Å². The number of aromatic nitrogens is 1. The number of hydrogen-bond donors (Lipinski definition) is 1. The van der Waals surface area contributed by atoms with Crippen LogP contribution in [0.1, 0.15) is 26.5 Å². The molecule has 2 rings (SSSR count). The Labute approximate surface area is 112 Å². The Kier molecular flexibility index (Phi) is 3.42. The number of nitrogens with zero attached hydrogens (tertiary/aromatic N) is 1. The third kappa shape index (κ3) is 3.44. The van der Waals surface area contributed by atoms with E-state index >= 15 is 0 Å². The van der Waals surface area contributed by atoms with Gasteiger partial charge in [0.15, 0.2) is 0 Å². The summed E-state index contributed by atoms with van der Waals surface area (Å²) in [5, 5.41) is 4.78. The number of ether oxygens (including phenoxy) is 1. The number of hydrogen-bond acceptors (Lipinski definition) is 3. The van der Waals surface area contributed by atoms with Crippen molar-refractivity contribution in [3.63, 3.8) is 0 Å². The van der Waals surface area contributed by atoms with Gasteiger partial charge in [-0.25, -0.2) is 9.78 Å². The van der Waals surface area contributed by atoms with E-state index in [9.17, 15) is 4.79 Å². The number of carbonyl (C=O) groups is 1. The summed E-state index contributed by atoms with van der Waals surface area (Å²) in [5.41, 5.74) is 0.361. The molecule has 1 aromatic carbocycles. The average molecular weight is 258 g/mol. The molecule has 0 aliphatic heterocycles. The number of carbonyl (C=O) groups excluding carboxylic acids is 1. The second-order valence-electron chi connectivity index (χ2n) is 5.44. The van der Waals surface area contributed by atoms with Crippen LogP contribution < -0.4 is 5.32 Å². The first-order valence-corrected chi connectivity index (χ1v) is 6.21. The van der Waals surface area contributed by atoms with E-state index in [1.807, 2.05) is 58.0 Å². The number of nitrogens with one attached hydrogen (secondary N) is 1. The van der Waals surface area contributed by atoms with Crippen LogP contribution >= 0.6 is 0 Å². The monoisotopic (exact) mass is 258 g/mol. The Balaban J connectivity index is 2.24. The predicted octanol–water partition coefficient (Wildman–Crippen LogP) is 3.89. The van der Waals surface area contributed by atoms with E-state index in [0.717, 1.165) is 16.5 Å². The van der Waals surface area contributed by atoms with Gasteiger partial charge in [0.1, 0.15) is 11.4 Å². The maximum Gasteiger partial charge on any atom is 0.413 e. The van der Waals surface area contributed by atoms with Gasteiger partial charge in [0.2, 0.25) is 0 Å². The predicted molar refractivity (Wildman–Crippen MR) is 76.3 cm³/mol. The Morgan fingerprint density at radius 3 is 2.63 bits per heavy atom. The first kappa shape index (κ1) is 13.3. The van der Waals surface area contributed by atoms with Gasteiger partial charge >= 0.3 is 6.09 Å². The number of anilines is 1. The summed E-state index contributed by atoms with van der Waals surface area (Å²) in [6.45, 7) is 7.39. The lowest BCUT2D eigenvalue weighted by atomic mass is 10.1. The Bertz CT molecular complexity index is 615. The number of fused-ring (bicyclic) bond motifs is 1. The van der Waals surface area contributed by atoms with Gasteiger partial charge in [-0.15, -0.1) is 0 Å². The molecule has 0 fully saturated rings. The van der Waals surface area contributed by atoms with E-state index in [4.69, 9.17) is 4.74 Å². The molecule has 0 saturated heterocycles. The van der Waals surface area contributed by atoms with Crippen LogP contribution in [0.5, 0.6) is 0 Å². The first-order chi connectivity index (χ1) is 8.85. The summed E-state index contributed by atoms with van der Waals surface area (Å²) >= 11 is 0. The minimum atomic E-state index is -0.518. The minimum absolute atomic E-state index is 0.491. The third-order valence-corrected chi connectivity index (χ3v) is 2.56. The van der Waals surface area contributed by atoms with Gasteiger partial charge in [0, 0.05) is 11.1 Å². The van der Waals surface area contributed by atoms with Gasteiger partial charge in [-0.1, -0.05) is 24.3 Å². The largest absolute Gasteiger partial charge is 0.444 e. The molecule has 1 aromatic heterocycles. The van der Waals surface area contributed by atoms with Crippen molar-refractivity contribution < 1.29 is 9.53 Å². The van der Waals surface area contributed by atoms with Gasteiger partial charge in [-0.05, 0) is 39.1 Å². The Morgan fingerprint density at radius 2 is 1.95 bits per heavy atom. The molecular weight excluding hydrogens is 240 g/mol. The van der Waals surface area contributed by atoms with Gasteiger partial charge in [-0.3, -0.25) is 5.32 Å². The van der Waals surface area contributed by atoms with Crippen LogP contribution in [0.25, 0.3) is 10.8 Å². The van der Waals surface area contributed by atoms with E-state index in [1.165, 1.54) is 0 Å². The van der Waals surface area contributed by atoms with Gasteiger partial charge in [0.05, 0.1) is 0 Å². The molecule has 0 saturated carbocycles. The summed E-state index contributed by atoms with van der Waals surface area (Å²) in [5.74, 6) is 0.505. The number of rotatable bonds is 1. The van der Waals surface area contributed by atoms with E-state index in [0.29, 0.717) is 5.82 Å². The summed E-state index contributed by atoms with van der Waals surface area (Å²) in [6, 6.07) is 9.77. The van der Waals surface area contributed by atoms with Gasteiger partial charge in [0.25, 0.3) is 0 Å². The zero-order valence-corrected chi connectivity index (χ0v) is 11.7. The molecule has 100 valence electrons. The average Bonchev–Trinajstić information content (AvgIpc) is 2.26. The van der Waals surface area contributed by atoms with Crippen molar-refractivity contribution in [2.75, 3.05) is 5.32 Å². The molecule has 19 heavy (non-hydrogen) atoms. The molecule has 0 bridgehead atoms. The van der Waals surface area contributed by atoms with E-state index < -0.39 is 11.7 Å². The summed E-state index contributed by atoms with van der Waals surface area (Å²) in [7, 11) is 0. The lowest BCUT2D eigenvalue weighted by Crippen LogP contribution is -2.27. The molecule has 0 atom stereocenters. The van der Waals surface area contributed by atoms with Crippen molar-refractivity contribution in [1.82, 2.24) is 4.98 Å². The second-order valence-corrected chi connectivity index (χ2v) is 5.44. The maximum absolute atomic E-state index is 11.7. The van der Waals surface area contributed by atoms with Crippen LogP contribution in [0.3, 0.4) is 0 Å². The van der Waals surface area contributed by atoms with Crippen LogP contribution in [-0.2, 0) is 4.74 Å². The number of benzene rings is 1. The number of aryl methyl sites for hydroxylation is 1. The highest BCUT2D eigenvalue weighted by Gasteiger charge is 2.16. The topological polar surface area (TPSA) is 51.2 Å². The highest BCUT2D eigenvalue weighted by atomic mass is 16.6. The maximum atomic E-state index is 11.7. The van der Waals surface area contributed by atoms with Crippen molar-refractivity contribution >= 4 is 22.7 Å². The van der Waals surface area contributed by atoms with Crippen molar-refractivity contribution in [3.8, 4) is 0 Å². The molecule has 0 unspecified atom stereocenters. The quantitative estimate of drug-likeness (QED) is 0.844. The minimum Gasteiger partial charge on any atom is -0.444 e. The zero-order valence-electron chi connectivity index (χ0n) is 11.7. The normalized spacial score (nSPS) is 11.4. The van der Waals surface area contributed by atoms with Crippen molar-refractivity contribution in [1.29, 1.82) is 0 Å². The molecule has 0 radical (unpaired) electrons. The molecule has 4 nitrogen and oxygen atoms in total. The Morgan fingerprint density at radius 1 is 1.26 bits per heavy atom. The fourth-order valence-electron chi connectivity index (χ4n) is 1.85. The fourth-order valence-corrected chi connectivity index (χ4v) is 1.85.